The lowest BCUT2D eigenvalue weighted by atomic mass is 9.82. The summed E-state index contributed by atoms with van der Waals surface area (Å²) in [5.41, 5.74) is -0.188. The van der Waals surface area contributed by atoms with Gasteiger partial charge in [-0.1, -0.05) is 0 Å². The van der Waals surface area contributed by atoms with Crippen LogP contribution < -0.4 is 0 Å². The third-order valence-electron chi connectivity index (χ3n) is 2.70. The molecule has 1 rings (SSSR count). The van der Waals surface area contributed by atoms with Crippen molar-refractivity contribution in [3.8, 4) is 0 Å². The van der Waals surface area contributed by atoms with Crippen LogP contribution in [0.3, 0.4) is 0 Å². The van der Waals surface area contributed by atoms with Gasteiger partial charge in [-0.25, -0.2) is 0 Å². The average molecular weight is 202 g/mol. The van der Waals surface area contributed by atoms with E-state index in [1.165, 1.54) is 0 Å². The Morgan fingerprint density at radius 2 is 1.86 bits per heavy atom. The first-order chi connectivity index (χ1) is 6.47. The van der Waals surface area contributed by atoms with Gasteiger partial charge in [-0.05, 0) is 33.6 Å². The SMILES string of the molecule is CC(C)(C)OCC1(CO)CCOCC1. The molecule has 0 unspecified atom stereocenters. The summed E-state index contributed by atoms with van der Waals surface area (Å²) in [4.78, 5) is 0. The highest BCUT2D eigenvalue weighted by Gasteiger charge is 2.33. The third kappa shape index (κ3) is 3.56. The van der Waals surface area contributed by atoms with Crippen molar-refractivity contribution >= 4 is 0 Å². The Bertz CT molecular complexity index is 166. The Balaban J connectivity index is 2.44. The Kier molecular flexibility index (Phi) is 3.93. The molecule has 84 valence electrons. The molecule has 3 heteroatoms. The monoisotopic (exact) mass is 202 g/mol. The molecule has 0 radical (unpaired) electrons. The summed E-state index contributed by atoms with van der Waals surface area (Å²) in [7, 11) is 0. The molecule has 0 spiro atoms. The van der Waals surface area contributed by atoms with Gasteiger partial charge < -0.3 is 14.6 Å². The lowest BCUT2D eigenvalue weighted by Crippen LogP contribution is -2.39. The topological polar surface area (TPSA) is 38.7 Å². The number of hydrogen-bond acceptors (Lipinski definition) is 3. The van der Waals surface area contributed by atoms with Gasteiger partial charge in [0, 0.05) is 18.6 Å². The van der Waals surface area contributed by atoms with Crippen LogP contribution in [-0.4, -0.2) is 37.1 Å². The van der Waals surface area contributed by atoms with Crippen molar-refractivity contribution in [2.24, 2.45) is 5.41 Å². The number of ether oxygens (including phenoxy) is 2. The lowest BCUT2D eigenvalue weighted by molar-refractivity contribution is -0.105. The summed E-state index contributed by atoms with van der Waals surface area (Å²) in [6.45, 7) is 8.44. The second-order valence-corrected chi connectivity index (χ2v) is 5.17. The quantitative estimate of drug-likeness (QED) is 0.755. The average Bonchev–Trinajstić information content (AvgIpc) is 2.15. The van der Waals surface area contributed by atoms with Crippen LogP contribution in [0.2, 0.25) is 0 Å². The number of rotatable bonds is 3. The van der Waals surface area contributed by atoms with Gasteiger partial charge >= 0.3 is 0 Å². The minimum Gasteiger partial charge on any atom is -0.396 e. The van der Waals surface area contributed by atoms with E-state index in [9.17, 15) is 5.11 Å². The van der Waals surface area contributed by atoms with Gasteiger partial charge in [0.1, 0.15) is 0 Å². The first kappa shape index (κ1) is 12.0. The molecule has 0 bridgehead atoms. The van der Waals surface area contributed by atoms with Crippen molar-refractivity contribution < 1.29 is 14.6 Å². The largest absolute Gasteiger partial charge is 0.396 e. The van der Waals surface area contributed by atoms with Crippen LogP contribution in [0.25, 0.3) is 0 Å². The van der Waals surface area contributed by atoms with Crippen molar-refractivity contribution in [3.05, 3.63) is 0 Å². The standard InChI is InChI=1S/C11H22O3/c1-10(2,3)14-9-11(8-12)4-6-13-7-5-11/h12H,4-9H2,1-3H3. The number of aliphatic hydroxyl groups excluding tert-OH is 1. The highest BCUT2D eigenvalue weighted by Crippen LogP contribution is 2.31. The molecule has 3 nitrogen and oxygen atoms in total. The van der Waals surface area contributed by atoms with Crippen LogP contribution >= 0.6 is 0 Å². The highest BCUT2D eigenvalue weighted by atomic mass is 16.5. The molecule has 1 saturated heterocycles. The molecule has 1 aliphatic rings. The van der Waals surface area contributed by atoms with E-state index in [1.54, 1.807) is 0 Å². The maximum absolute atomic E-state index is 9.40. The third-order valence-corrected chi connectivity index (χ3v) is 2.70. The summed E-state index contributed by atoms with van der Waals surface area (Å²) in [5.74, 6) is 0. The van der Waals surface area contributed by atoms with Gasteiger partial charge in [0.25, 0.3) is 0 Å². The molecule has 1 aliphatic heterocycles. The van der Waals surface area contributed by atoms with E-state index in [0.29, 0.717) is 6.61 Å². The fourth-order valence-corrected chi connectivity index (χ4v) is 1.52. The Hall–Kier alpha value is -0.120. The fraction of sp³-hybridized carbons (Fsp3) is 1.00. The number of hydrogen-bond donors (Lipinski definition) is 1. The summed E-state index contributed by atoms with van der Waals surface area (Å²) in [5, 5.41) is 9.40. The second-order valence-electron chi connectivity index (χ2n) is 5.17. The Morgan fingerprint density at radius 1 is 1.29 bits per heavy atom. The second kappa shape index (κ2) is 4.60. The van der Waals surface area contributed by atoms with Crippen LogP contribution in [0.1, 0.15) is 33.6 Å². The van der Waals surface area contributed by atoms with E-state index in [0.717, 1.165) is 26.1 Å². The van der Waals surface area contributed by atoms with Gasteiger partial charge in [0.2, 0.25) is 0 Å². The van der Waals surface area contributed by atoms with Crippen molar-refractivity contribution in [1.29, 1.82) is 0 Å². The van der Waals surface area contributed by atoms with Gasteiger partial charge in [-0.3, -0.25) is 0 Å². The molecule has 0 amide bonds. The van der Waals surface area contributed by atoms with Crippen molar-refractivity contribution in [2.45, 2.75) is 39.2 Å². The predicted molar refractivity (Wildman–Crippen MR) is 55.3 cm³/mol. The zero-order valence-electron chi connectivity index (χ0n) is 9.51. The molecular formula is C11H22O3. The Morgan fingerprint density at radius 3 is 2.29 bits per heavy atom. The molecule has 0 atom stereocenters. The maximum atomic E-state index is 9.40. The van der Waals surface area contributed by atoms with Gasteiger partial charge in [0.05, 0.1) is 18.8 Å². The molecule has 0 saturated carbocycles. The van der Waals surface area contributed by atoms with Crippen molar-refractivity contribution in [3.63, 3.8) is 0 Å². The van der Waals surface area contributed by atoms with Crippen molar-refractivity contribution in [1.82, 2.24) is 0 Å². The van der Waals surface area contributed by atoms with Gasteiger partial charge in [-0.15, -0.1) is 0 Å². The first-order valence-electron chi connectivity index (χ1n) is 5.30. The summed E-state index contributed by atoms with van der Waals surface area (Å²) >= 11 is 0. The molecule has 14 heavy (non-hydrogen) atoms. The van der Waals surface area contributed by atoms with Gasteiger partial charge in [0.15, 0.2) is 0 Å². The molecule has 0 aromatic heterocycles. The summed E-state index contributed by atoms with van der Waals surface area (Å²) in [6.07, 6.45) is 1.80. The van der Waals surface area contributed by atoms with E-state index in [1.807, 2.05) is 20.8 Å². The summed E-state index contributed by atoms with van der Waals surface area (Å²) in [6, 6.07) is 0. The predicted octanol–water partition coefficient (Wildman–Crippen LogP) is 1.59. The van der Waals surface area contributed by atoms with E-state index in [-0.39, 0.29) is 17.6 Å². The Labute approximate surface area is 86.4 Å². The molecule has 0 aliphatic carbocycles. The van der Waals surface area contributed by atoms with E-state index < -0.39 is 0 Å². The van der Waals surface area contributed by atoms with Crippen LogP contribution in [-0.2, 0) is 9.47 Å². The molecule has 0 aromatic carbocycles. The lowest BCUT2D eigenvalue weighted by Gasteiger charge is -2.37. The van der Waals surface area contributed by atoms with Gasteiger partial charge in [-0.2, -0.15) is 0 Å². The highest BCUT2D eigenvalue weighted by molar-refractivity contribution is 4.82. The first-order valence-corrected chi connectivity index (χ1v) is 5.30. The zero-order valence-corrected chi connectivity index (χ0v) is 9.51. The van der Waals surface area contributed by atoms with E-state index >= 15 is 0 Å². The fourth-order valence-electron chi connectivity index (χ4n) is 1.52. The zero-order chi connectivity index (χ0) is 10.7. The minimum absolute atomic E-state index is 0.0640. The maximum Gasteiger partial charge on any atom is 0.0598 e. The van der Waals surface area contributed by atoms with Crippen LogP contribution in [0.15, 0.2) is 0 Å². The minimum atomic E-state index is -0.125. The van der Waals surface area contributed by atoms with E-state index in [4.69, 9.17) is 9.47 Å². The molecule has 0 aromatic rings. The smallest absolute Gasteiger partial charge is 0.0598 e. The molecule has 1 fully saturated rings. The van der Waals surface area contributed by atoms with Crippen LogP contribution in [0.5, 0.6) is 0 Å². The number of aliphatic hydroxyl groups is 1. The normalized spacial score (nSPS) is 22.3. The van der Waals surface area contributed by atoms with Crippen LogP contribution in [0, 0.1) is 5.41 Å². The van der Waals surface area contributed by atoms with Crippen molar-refractivity contribution in [2.75, 3.05) is 26.4 Å². The molecule has 1 heterocycles. The molecule has 1 N–H and O–H groups in total. The van der Waals surface area contributed by atoms with Crippen LogP contribution in [0.4, 0.5) is 0 Å². The summed E-state index contributed by atoms with van der Waals surface area (Å²) < 4.78 is 11.0. The van der Waals surface area contributed by atoms with E-state index in [2.05, 4.69) is 0 Å². The molecular weight excluding hydrogens is 180 g/mol.